The molecular formula is C14H25NO3. The van der Waals surface area contributed by atoms with E-state index in [1.807, 2.05) is 20.8 Å². The molecule has 1 amide bonds. The van der Waals surface area contributed by atoms with Gasteiger partial charge < -0.3 is 10.1 Å². The van der Waals surface area contributed by atoms with Crippen molar-refractivity contribution in [2.75, 3.05) is 0 Å². The Balaban J connectivity index is 2.66. The maximum absolute atomic E-state index is 11.9. The molecule has 4 nitrogen and oxygen atoms in total. The lowest BCUT2D eigenvalue weighted by atomic mass is 9.78. The lowest BCUT2D eigenvalue weighted by Crippen LogP contribution is -2.52. The quantitative estimate of drug-likeness (QED) is 0.842. The third kappa shape index (κ3) is 5.07. The summed E-state index contributed by atoms with van der Waals surface area (Å²) in [4.78, 5) is 23.3. The van der Waals surface area contributed by atoms with Gasteiger partial charge in [-0.15, -0.1) is 0 Å². The molecule has 1 rings (SSSR count). The van der Waals surface area contributed by atoms with Crippen molar-refractivity contribution in [2.24, 2.45) is 0 Å². The molecule has 4 heteroatoms. The Morgan fingerprint density at radius 1 is 1.17 bits per heavy atom. The van der Waals surface area contributed by atoms with Crippen molar-refractivity contribution in [3.05, 3.63) is 0 Å². The van der Waals surface area contributed by atoms with Gasteiger partial charge in [0.2, 0.25) is 0 Å². The number of Topliss-reactive ketones (excluding diaryl/α,β-unsaturated/α-hetero) is 1. The Morgan fingerprint density at radius 2 is 1.72 bits per heavy atom. The van der Waals surface area contributed by atoms with Gasteiger partial charge in [0.05, 0.1) is 5.54 Å². The topological polar surface area (TPSA) is 55.4 Å². The number of carbonyl (C=O) groups is 2. The molecule has 0 saturated heterocycles. The minimum absolute atomic E-state index is 0.118. The number of nitrogens with one attached hydrogen (secondary N) is 1. The summed E-state index contributed by atoms with van der Waals surface area (Å²) in [7, 11) is 0. The molecule has 104 valence electrons. The molecule has 0 unspecified atom stereocenters. The normalized spacial score (nSPS) is 19.1. The third-order valence-corrected chi connectivity index (χ3v) is 3.16. The van der Waals surface area contributed by atoms with Gasteiger partial charge in [-0.2, -0.15) is 0 Å². The lowest BCUT2D eigenvalue weighted by molar-refractivity contribution is -0.118. The number of ether oxygens (including phenoxy) is 1. The summed E-state index contributed by atoms with van der Waals surface area (Å²) < 4.78 is 5.29. The minimum atomic E-state index is -0.504. The fourth-order valence-corrected chi connectivity index (χ4v) is 2.57. The standard InChI is InChI=1S/C14H25NO3/c1-11(16)10-14(8-6-5-7-9-14)15-12(17)18-13(2,3)4/h5-10H2,1-4H3,(H,15,17). The molecule has 18 heavy (non-hydrogen) atoms. The van der Waals surface area contributed by atoms with Crippen molar-refractivity contribution >= 4 is 11.9 Å². The predicted molar refractivity (Wildman–Crippen MR) is 70.5 cm³/mol. The lowest BCUT2D eigenvalue weighted by Gasteiger charge is -2.37. The van der Waals surface area contributed by atoms with Crippen molar-refractivity contribution in [3.63, 3.8) is 0 Å². The zero-order valence-corrected chi connectivity index (χ0v) is 12.0. The van der Waals surface area contributed by atoms with Crippen LogP contribution in [-0.4, -0.2) is 23.0 Å². The molecular weight excluding hydrogens is 230 g/mol. The van der Waals surface area contributed by atoms with E-state index in [0.717, 1.165) is 25.7 Å². The van der Waals surface area contributed by atoms with Crippen molar-refractivity contribution in [2.45, 2.75) is 77.4 Å². The van der Waals surface area contributed by atoms with Crippen LogP contribution in [0.25, 0.3) is 0 Å². The van der Waals surface area contributed by atoms with E-state index in [-0.39, 0.29) is 11.3 Å². The van der Waals surface area contributed by atoms with Gasteiger partial charge in [-0.25, -0.2) is 4.79 Å². The molecule has 0 aliphatic heterocycles. The number of hydrogen-bond acceptors (Lipinski definition) is 3. The maximum Gasteiger partial charge on any atom is 0.408 e. The average molecular weight is 255 g/mol. The smallest absolute Gasteiger partial charge is 0.408 e. The van der Waals surface area contributed by atoms with Gasteiger partial charge >= 0.3 is 6.09 Å². The Morgan fingerprint density at radius 3 is 2.17 bits per heavy atom. The Kier molecular flexibility index (Phi) is 4.77. The van der Waals surface area contributed by atoms with Crippen LogP contribution in [0.5, 0.6) is 0 Å². The fraction of sp³-hybridized carbons (Fsp3) is 0.857. The molecule has 0 heterocycles. The summed E-state index contributed by atoms with van der Waals surface area (Å²) in [6, 6.07) is 0. The van der Waals surface area contributed by atoms with E-state index < -0.39 is 11.7 Å². The molecule has 0 aromatic rings. The Hall–Kier alpha value is -1.06. The number of amides is 1. The van der Waals surface area contributed by atoms with Crippen LogP contribution in [0.4, 0.5) is 4.79 Å². The third-order valence-electron chi connectivity index (χ3n) is 3.16. The first kappa shape index (κ1) is 15.0. The van der Waals surface area contributed by atoms with Crippen molar-refractivity contribution in [1.82, 2.24) is 5.32 Å². The summed E-state index contributed by atoms with van der Waals surface area (Å²) in [5, 5.41) is 2.94. The summed E-state index contributed by atoms with van der Waals surface area (Å²) >= 11 is 0. The molecule has 0 radical (unpaired) electrons. The van der Waals surface area contributed by atoms with Crippen LogP contribution in [0.3, 0.4) is 0 Å². The van der Waals surface area contributed by atoms with E-state index in [2.05, 4.69) is 5.32 Å². The fourth-order valence-electron chi connectivity index (χ4n) is 2.57. The summed E-state index contributed by atoms with van der Waals surface area (Å²) in [6.07, 6.45) is 5.02. The first-order valence-electron chi connectivity index (χ1n) is 6.73. The van der Waals surface area contributed by atoms with Crippen molar-refractivity contribution in [1.29, 1.82) is 0 Å². The highest BCUT2D eigenvalue weighted by Gasteiger charge is 2.36. The summed E-state index contributed by atoms with van der Waals surface area (Å²) in [5.74, 6) is 0.118. The summed E-state index contributed by atoms with van der Waals surface area (Å²) in [5.41, 5.74) is -0.886. The Labute approximate surface area is 109 Å². The maximum atomic E-state index is 11.9. The zero-order valence-electron chi connectivity index (χ0n) is 12.0. The van der Waals surface area contributed by atoms with Crippen LogP contribution in [0.1, 0.15) is 66.2 Å². The van der Waals surface area contributed by atoms with Gasteiger partial charge in [-0.1, -0.05) is 19.3 Å². The summed E-state index contributed by atoms with van der Waals surface area (Å²) in [6.45, 7) is 7.09. The number of rotatable bonds is 3. The first-order chi connectivity index (χ1) is 8.22. The van der Waals surface area contributed by atoms with Gasteiger partial charge in [0.1, 0.15) is 11.4 Å². The monoisotopic (exact) mass is 255 g/mol. The minimum Gasteiger partial charge on any atom is -0.444 e. The number of carbonyl (C=O) groups excluding carboxylic acids is 2. The zero-order chi connectivity index (χ0) is 13.8. The van der Waals surface area contributed by atoms with E-state index in [1.165, 1.54) is 6.42 Å². The highest BCUT2D eigenvalue weighted by Crippen LogP contribution is 2.31. The number of alkyl carbamates (subject to hydrolysis) is 1. The van der Waals surface area contributed by atoms with Crippen LogP contribution in [0.2, 0.25) is 0 Å². The second-order valence-electron chi connectivity index (χ2n) is 6.35. The molecule has 0 aromatic carbocycles. The molecule has 0 aromatic heterocycles. The second kappa shape index (κ2) is 5.72. The highest BCUT2D eigenvalue weighted by atomic mass is 16.6. The Bertz CT molecular complexity index is 311. The van der Waals surface area contributed by atoms with E-state index in [9.17, 15) is 9.59 Å². The van der Waals surface area contributed by atoms with Crippen LogP contribution < -0.4 is 5.32 Å². The highest BCUT2D eigenvalue weighted by molar-refractivity contribution is 5.78. The van der Waals surface area contributed by atoms with Crippen LogP contribution in [-0.2, 0) is 9.53 Å². The second-order valence-corrected chi connectivity index (χ2v) is 6.35. The van der Waals surface area contributed by atoms with Crippen LogP contribution >= 0.6 is 0 Å². The average Bonchev–Trinajstić information content (AvgIpc) is 2.13. The number of hydrogen-bond donors (Lipinski definition) is 1. The number of ketones is 1. The molecule has 0 atom stereocenters. The molecule has 0 spiro atoms. The van der Waals surface area contributed by atoms with Crippen molar-refractivity contribution < 1.29 is 14.3 Å². The van der Waals surface area contributed by atoms with Crippen LogP contribution in [0.15, 0.2) is 0 Å². The van der Waals surface area contributed by atoms with E-state index in [0.29, 0.717) is 6.42 Å². The largest absolute Gasteiger partial charge is 0.444 e. The van der Waals surface area contributed by atoms with Gasteiger partial charge in [-0.05, 0) is 40.5 Å². The van der Waals surface area contributed by atoms with Gasteiger partial charge in [-0.3, -0.25) is 4.79 Å². The first-order valence-corrected chi connectivity index (χ1v) is 6.73. The SMILES string of the molecule is CC(=O)CC1(NC(=O)OC(C)(C)C)CCCCC1. The molecule has 1 fully saturated rings. The van der Waals surface area contributed by atoms with Gasteiger partial charge in [0.25, 0.3) is 0 Å². The van der Waals surface area contributed by atoms with E-state index in [4.69, 9.17) is 4.74 Å². The molecule has 1 saturated carbocycles. The molecule has 1 N–H and O–H groups in total. The van der Waals surface area contributed by atoms with Crippen LogP contribution in [0, 0.1) is 0 Å². The molecule has 1 aliphatic carbocycles. The predicted octanol–water partition coefficient (Wildman–Crippen LogP) is 3.19. The van der Waals surface area contributed by atoms with Gasteiger partial charge in [0.15, 0.2) is 0 Å². The molecule has 1 aliphatic rings. The van der Waals surface area contributed by atoms with Crippen molar-refractivity contribution in [3.8, 4) is 0 Å². The van der Waals surface area contributed by atoms with Gasteiger partial charge in [0, 0.05) is 6.42 Å². The van der Waals surface area contributed by atoms with E-state index in [1.54, 1.807) is 6.92 Å². The molecule has 0 bridgehead atoms. The van der Waals surface area contributed by atoms with E-state index >= 15 is 0 Å².